The first-order valence-electron chi connectivity index (χ1n) is 7.73. The summed E-state index contributed by atoms with van der Waals surface area (Å²) in [6.45, 7) is 4.88. The second kappa shape index (κ2) is 6.72. The lowest BCUT2D eigenvalue weighted by Crippen LogP contribution is -2.55. The molecule has 1 aromatic carbocycles. The Bertz CT molecular complexity index is 722. The van der Waals surface area contributed by atoms with Crippen LogP contribution in [0.5, 0.6) is 5.75 Å². The number of hydrogen-bond acceptors (Lipinski definition) is 4. The predicted octanol–water partition coefficient (Wildman–Crippen LogP) is 2.43. The summed E-state index contributed by atoms with van der Waals surface area (Å²) in [6, 6.07) is 9.37. The molecule has 0 bridgehead atoms. The van der Waals surface area contributed by atoms with E-state index in [2.05, 4.69) is 9.88 Å². The van der Waals surface area contributed by atoms with Gasteiger partial charge in [-0.1, -0.05) is 11.6 Å². The smallest absolute Gasteiger partial charge is 0.239 e. The molecule has 5 nitrogen and oxygen atoms in total. The topological polar surface area (TPSA) is 45.7 Å². The van der Waals surface area contributed by atoms with Gasteiger partial charge in [0.2, 0.25) is 5.91 Å². The number of carbonyl (C=O) groups is 1. The highest BCUT2D eigenvalue weighted by Crippen LogP contribution is 2.21. The fraction of sp³-hybridized carbons (Fsp3) is 0.412. The highest BCUT2D eigenvalue weighted by atomic mass is 35.5. The van der Waals surface area contributed by atoms with Crippen molar-refractivity contribution in [1.29, 1.82) is 0 Å². The third-order valence-electron chi connectivity index (χ3n) is 4.28. The Kier molecular flexibility index (Phi) is 4.68. The highest BCUT2D eigenvalue weighted by Gasteiger charge is 2.28. The Balaban J connectivity index is 1.58. The maximum absolute atomic E-state index is 12.0. The molecule has 0 spiro atoms. The lowest BCUT2D eigenvalue weighted by atomic mass is 10.2. The van der Waals surface area contributed by atoms with Crippen LogP contribution in [-0.2, 0) is 4.79 Å². The number of halogens is 1. The molecule has 1 fully saturated rings. The molecule has 0 aliphatic carbocycles. The molecule has 1 amide bonds. The van der Waals surface area contributed by atoms with Gasteiger partial charge in [0.25, 0.3) is 0 Å². The van der Waals surface area contributed by atoms with Gasteiger partial charge >= 0.3 is 0 Å². The van der Waals surface area contributed by atoms with Gasteiger partial charge in [0.15, 0.2) is 0 Å². The van der Waals surface area contributed by atoms with Gasteiger partial charge in [-0.3, -0.25) is 9.69 Å². The molecule has 1 aromatic heterocycles. The van der Waals surface area contributed by atoms with Crippen LogP contribution in [0.1, 0.15) is 6.92 Å². The quantitative estimate of drug-likeness (QED) is 0.806. The van der Waals surface area contributed by atoms with Crippen molar-refractivity contribution in [3.63, 3.8) is 0 Å². The lowest BCUT2D eigenvalue weighted by molar-refractivity contribution is -0.139. The zero-order valence-electron chi connectivity index (χ0n) is 13.3. The van der Waals surface area contributed by atoms with Crippen molar-refractivity contribution < 1.29 is 9.53 Å². The zero-order valence-corrected chi connectivity index (χ0v) is 14.1. The summed E-state index contributed by atoms with van der Waals surface area (Å²) in [7, 11) is 1.85. The maximum Gasteiger partial charge on any atom is 0.239 e. The Labute approximate surface area is 140 Å². The first-order valence-corrected chi connectivity index (χ1v) is 8.10. The van der Waals surface area contributed by atoms with Crippen LogP contribution in [0.2, 0.25) is 5.15 Å². The van der Waals surface area contributed by atoms with Gasteiger partial charge in [0, 0.05) is 32.1 Å². The number of fused-ring (bicyclic) bond motifs is 1. The molecule has 3 rings (SSSR count). The van der Waals surface area contributed by atoms with Crippen LogP contribution < -0.4 is 4.74 Å². The second-order valence-corrected chi connectivity index (χ2v) is 6.20. The highest BCUT2D eigenvalue weighted by molar-refractivity contribution is 6.29. The third kappa shape index (κ3) is 3.57. The van der Waals surface area contributed by atoms with E-state index in [-0.39, 0.29) is 11.9 Å². The monoisotopic (exact) mass is 333 g/mol. The van der Waals surface area contributed by atoms with E-state index < -0.39 is 0 Å². The summed E-state index contributed by atoms with van der Waals surface area (Å²) in [5.41, 5.74) is 0.850. The molecular formula is C17H20ClN3O2. The summed E-state index contributed by atoms with van der Waals surface area (Å²) in [4.78, 5) is 20.2. The van der Waals surface area contributed by atoms with Gasteiger partial charge in [0.1, 0.15) is 17.5 Å². The van der Waals surface area contributed by atoms with Gasteiger partial charge < -0.3 is 9.64 Å². The van der Waals surface area contributed by atoms with Crippen molar-refractivity contribution >= 4 is 28.4 Å². The Hall–Kier alpha value is -1.85. The fourth-order valence-corrected chi connectivity index (χ4v) is 2.97. The molecule has 23 heavy (non-hydrogen) atoms. The summed E-state index contributed by atoms with van der Waals surface area (Å²) in [6.07, 6.45) is 0. The number of aromatic nitrogens is 1. The van der Waals surface area contributed by atoms with Crippen molar-refractivity contribution in [1.82, 2.24) is 14.8 Å². The molecule has 1 aliphatic rings. The number of rotatable bonds is 4. The fourth-order valence-electron chi connectivity index (χ4n) is 2.81. The summed E-state index contributed by atoms with van der Waals surface area (Å²) >= 11 is 5.88. The van der Waals surface area contributed by atoms with Gasteiger partial charge in [-0.15, -0.1) is 0 Å². The predicted molar refractivity (Wildman–Crippen MR) is 90.9 cm³/mol. The summed E-state index contributed by atoms with van der Waals surface area (Å²) in [5, 5.41) is 1.48. The van der Waals surface area contributed by atoms with Crippen LogP contribution >= 0.6 is 11.6 Å². The van der Waals surface area contributed by atoms with Crippen LogP contribution in [0, 0.1) is 0 Å². The van der Waals surface area contributed by atoms with E-state index in [1.165, 1.54) is 0 Å². The Morgan fingerprint density at radius 1 is 1.30 bits per heavy atom. The van der Waals surface area contributed by atoms with E-state index in [0.29, 0.717) is 11.8 Å². The number of amides is 1. The number of nitrogens with zero attached hydrogens (tertiary/aromatic N) is 3. The first kappa shape index (κ1) is 16.0. The zero-order chi connectivity index (χ0) is 16.4. The van der Waals surface area contributed by atoms with Gasteiger partial charge in [-0.25, -0.2) is 4.98 Å². The Morgan fingerprint density at radius 2 is 2.13 bits per heavy atom. The first-order chi connectivity index (χ1) is 11.0. The summed E-state index contributed by atoms with van der Waals surface area (Å²) in [5.74, 6) is 0.972. The van der Waals surface area contributed by atoms with E-state index in [9.17, 15) is 4.79 Å². The Morgan fingerprint density at radius 3 is 2.96 bits per heavy atom. The van der Waals surface area contributed by atoms with Crippen molar-refractivity contribution in [3.05, 3.63) is 35.5 Å². The molecule has 2 heterocycles. The number of pyridine rings is 1. The van der Waals surface area contributed by atoms with Crippen LogP contribution in [0.3, 0.4) is 0 Å². The number of benzene rings is 1. The van der Waals surface area contributed by atoms with Crippen LogP contribution in [0.4, 0.5) is 0 Å². The van der Waals surface area contributed by atoms with Crippen LogP contribution in [0.25, 0.3) is 10.9 Å². The normalized spacial score (nSPS) is 19.3. The minimum Gasteiger partial charge on any atom is -0.492 e. The van der Waals surface area contributed by atoms with Crippen molar-refractivity contribution in [3.8, 4) is 5.75 Å². The standard InChI is InChI=1S/C17H20ClN3O2/c1-12-17(22)20(2)7-8-21(12)9-10-23-14-4-5-15-13(11-14)3-6-16(18)19-15/h3-6,11-12H,7-10H2,1-2H3/t12-/m1/s1. The average molecular weight is 334 g/mol. The minimum absolute atomic E-state index is 0.0831. The van der Waals surface area contributed by atoms with Gasteiger partial charge in [-0.05, 0) is 37.3 Å². The maximum atomic E-state index is 12.0. The number of carbonyl (C=O) groups excluding carboxylic acids is 1. The number of hydrogen-bond donors (Lipinski definition) is 0. The van der Waals surface area contributed by atoms with Gasteiger partial charge in [0.05, 0.1) is 11.6 Å². The van der Waals surface area contributed by atoms with E-state index in [1.54, 1.807) is 11.0 Å². The van der Waals surface area contributed by atoms with E-state index in [4.69, 9.17) is 16.3 Å². The van der Waals surface area contributed by atoms with Crippen molar-refractivity contribution in [2.75, 3.05) is 33.3 Å². The molecule has 1 atom stereocenters. The third-order valence-corrected chi connectivity index (χ3v) is 4.49. The van der Waals surface area contributed by atoms with E-state index >= 15 is 0 Å². The molecule has 6 heteroatoms. The van der Waals surface area contributed by atoms with Crippen molar-refractivity contribution in [2.24, 2.45) is 0 Å². The molecule has 0 N–H and O–H groups in total. The molecule has 0 saturated carbocycles. The SMILES string of the molecule is C[C@@H]1C(=O)N(C)CCN1CCOc1ccc2nc(Cl)ccc2c1. The molecular weight excluding hydrogens is 314 g/mol. The molecule has 0 radical (unpaired) electrons. The largest absolute Gasteiger partial charge is 0.492 e. The lowest BCUT2D eigenvalue weighted by Gasteiger charge is -2.37. The summed E-state index contributed by atoms with van der Waals surface area (Å²) < 4.78 is 5.83. The van der Waals surface area contributed by atoms with Crippen LogP contribution in [-0.4, -0.2) is 60.0 Å². The average Bonchev–Trinajstić information content (AvgIpc) is 2.55. The molecule has 1 aliphatic heterocycles. The molecule has 122 valence electrons. The molecule has 2 aromatic rings. The number of piperazine rings is 1. The van der Waals surface area contributed by atoms with Gasteiger partial charge in [-0.2, -0.15) is 0 Å². The number of ether oxygens (including phenoxy) is 1. The second-order valence-electron chi connectivity index (χ2n) is 5.81. The molecule has 0 unspecified atom stereocenters. The van der Waals surface area contributed by atoms with E-state index in [0.717, 1.165) is 36.3 Å². The molecule has 1 saturated heterocycles. The minimum atomic E-state index is -0.0831. The van der Waals surface area contributed by atoms with Crippen molar-refractivity contribution in [2.45, 2.75) is 13.0 Å². The number of likely N-dealkylation sites (N-methyl/N-ethyl adjacent to an activating group) is 1. The van der Waals surface area contributed by atoms with Crippen LogP contribution in [0.15, 0.2) is 30.3 Å². The van der Waals surface area contributed by atoms with E-state index in [1.807, 2.05) is 38.2 Å².